The monoisotopic (exact) mass is 543 g/mol. The molecule has 1 atom stereocenters. The van der Waals surface area contributed by atoms with Crippen molar-refractivity contribution in [1.29, 1.82) is 0 Å². The van der Waals surface area contributed by atoms with Crippen LogP contribution in [-0.4, -0.2) is 57.3 Å². The van der Waals surface area contributed by atoms with Crippen LogP contribution in [-0.2, 0) is 26.2 Å². The van der Waals surface area contributed by atoms with Crippen LogP contribution in [0.25, 0.3) is 0 Å². The molecule has 0 fully saturated rings. The van der Waals surface area contributed by atoms with Crippen LogP contribution >= 0.6 is 23.2 Å². The number of anilines is 1. The number of halogens is 2. The number of carbonyl (C=O) groups excluding carboxylic acids is 2. The SMILES string of the molecule is CCCNC(=O)[C@@H](C)N(Cc1ccc(Cl)c(Cl)c1)C(=O)CN(c1ccc2c(c1)OCO2)S(C)(=O)=O. The highest BCUT2D eigenvalue weighted by molar-refractivity contribution is 7.92. The van der Waals surface area contributed by atoms with E-state index in [2.05, 4.69) is 5.32 Å². The molecule has 190 valence electrons. The molecule has 2 amide bonds. The molecule has 1 N–H and O–H groups in total. The van der Waals surface area contributed by atoms with Crippen molar-refractivity contribution in [1.82, 2.24) is 10.2 Å². The number of carbonyl (C=O) groups is 2. The molecule has 1 aliphatic heterocycles. The van der Waals surface area contributed by atoms with Crippen LogP contribution in [0.15, 0.2) is 36.4 Å². The van der Waals surface area contributed by atoms with E-state index in [4.69, 9.17) is 32.7 Å². The zero-order valence-corrected chi connectivity index (χ0v) is 21.9. The number of fused-ring (bicyclic) bond motifs is 1. The van der Waals surface area contributed by atoms with E-state index in [9.17, 15) is 18.0 Å². The zero-order chi connectivity index (χ0) is 25.8. The predicted molar refractivity (Wildman–Crippen MR) is 135 cm³/mol. The van der Waals surface area contributed by atoms with Crippen molar-refractivity contribution in [2.75, 3.05) is 30.4 Å². The molecule has 3 rings (SSSR count). The minimum Gasteiger partial charge on any atom is -0.454 e. The van der Waals surface area contributed by atoms with E-state index in [1.807, 2.05) is 6.92 Å². The van der Waals surface area contributed by atoms with Crippen molar-refractivity contribution in [3.05, 3.63) is 52.0 Å². The summed E-state index contributed by atoms with van der Waals surface area (Å²) in [6.07, 6.45) is 1.73. The molecule has 1 heterocycles. The first-order chi connectivity index (χ1) is 16.5. The summed E-state index contributed by atoms with van der Waals surface area (Å²) in [6.45, 7) is 3.48. The first-order valence-corrected chi connectivity index (χ1v) is 13.5. The van der Waals surface area contributed by atoms with Gasteiger partial charge >= 0.3 is 0 Å². The Morgan fingerprint density at radius 3 is 2.46 bits per heavy atom. The third-order valence-electron chi connectivity index (χ3n) is 5.38. The van der Waals surface area contributed by atoms with Crippen molar-refractivity contribution in [2.45, 2.75) is 32.9 Å². The van der Waals surface area contributed by atoms with Gasteiger partial charge in [-0.1, -0.05) is 36.2 Å². The molecule has 0 saturated heterocycles. The van der Waals surface area contributed by atoms with Gasteiger partial charge < -0.3 is 19.7 Å². The van der Waals surface area contributed by atoms with Crippen LogP contribution < -0.4 is 19.1 Å². The predicted octanol–water partition coefficient (Wildman–Crippen LogP) is 3.43. The highest BCUT2D eigenvalue weighted by Crippen LogP contribution is 2.36. The third-order valence-corrected chi connectivity index (χ3v) is 7.26. The minimum atomic E-state index is -3.86. The van der Waals surface area contributed by atoms with Gasteiger partial charge in [0.05, 0.1) is 22.0 Å². The summed E-state index contributed by atoms with van der Waals surface area (Å²) < 4.78 is 36.9. The summed E-state index contributed by atoms with van der Waals surface area (Å²) in [4.78, 5) is 27.5. The van der Waals surface area contributed by atoms with Gasteiger partial charge in [0.25, 0.3) is 0 Å². The van der Waals surface area contributed by atoms with Gasteiger partial charge in [-0.25, -0.2) is 8.42 Å². The summed E-state index contributed by atoms with van der Waals surface area (Å²) in [5.41, 5.74) is 0.875. The summed E-state index contributed by atoms with van der Waals surface area (Å²) >= 11 is 12.1. The van der Waals surface area contributed by atoms with Gasteiger partial charge in [0.2, 0.25) is 28.6 Å². The zero-order valence-electron chi connectivity index (χ0n) is 19.6. The van der Waals surface area contributed by atoms with Crippen molar-refractivity contribution in [3.8, 4) is 11.5 Å². The lowest BCUT2D eigenvalue weighted by Crippen LogP contribution is -2.51. The topological polar surface area (TPSA) is 105 Å². The number of nitrogens with zero attached hydrogens (tertiary/aromatic N) is 2. The highest BCUT2D eigenvalue weighted by atomic mass is 35.5. The van der Waals surface area contributed by atoms with Crippen LogP contribution in [0.5, 0.6) is 11.5 Å². The van der Waals surface area contributed by atoms with Crippen LogP contribution in [0, 0.1) is 0 Å². The van der Waals surface area contributed by atoms with Crippen molar-refractivity contribution >= 4 is 50.7 Å². The normalized spacial score (nSPS) is 13.3. The fraction of sp³-hybridized carbons (Fsp3) is 0.391. The van der Waals surface area contributed by atoms with E-state index in [-0.39, 0.29) is 24.9 Å². The Balaban J connectivity index is 1.91. The second kappa shape index (κ2) is 11.4. The average Bonchev–Trinajstić information content (AvgIpc) is 3.28. The highest BCUT2D eigenvalue weighted by Gasteiger charge is 2.30. The summed E-state index contributed by atoms with van der Waals surface area (Å²) in [6, 6.07) is 8.62. The van der Waals surface area contributed by atoms with E-state index in [0.717, 1.165) is 17.0 Å². The molecule has 1 aliphatic rings. The number of ether oxygens (including phenoxy) is 2. The van der Waals surface area contributed by atoms with Crippen LogP contribution in [0.4, 0.5) is 5.69 Å². The lowest BCUT2D eigenvalue weighted by atomic mass is 10.1. The standard InChI is InChI=1S/C23H27Cl2N3O6S/c1-4-9-26-23(30)15(2)27(12-16-5-7-18(24)19(25)10-16)22(29)13-28(35(3,31)32)17-6-8-20-21(11-17)34-14-33-20/h5-8,10-11,15H,4,9,12-14H2,1-3H3,(H,26,30)/t15-/m1/s1. The second-order valence-corrected chi connectivity index (χ2v) is 10.8. The van der Waals surface area contributed by atoms with Gasteiger partial charge in [-0.05, 0) is 43.2 Å². The maximum Gasteiger partial charge on any atom is 0.244 e. The Labute approximate surface area is 214 Å². The molecular formula is C23H27Cl2N3O6S. The number of rotatable bonds is 10. The molecule has 0 aliphatic carbocycles. The maximum atomic E-state index is 13.5. The maximum absolute atomic E-state index is 13.5. The van der Waals surface area contributed by atoms with Crippen molar-refractivity contribution in [2.24, 2.45) is 0 Å². The van der Waals surface area contributed by atoms with E-state index >= 15 is 0 Å². The molecule has 2 aromatic carbocycles. The van der Waals surface area contributed by atoms with E-state index in [0.29, 0.717) is 33.7 Å². The number of nitrogens with one attached hydrogen (secondary N) is 1. The Bertz CT molecular complexity index is 1210. The molecule has 2 aromatic rings. The fourth-order valence-electron chi connectivity index (χ4n) is 3.47. The van der Waals surface area contributed by atoms with E-state index in [1.165, 1.54) is 17.0 Å². The largest absolute Gasteiger partial charge is 0.454 e. The number of benzene rings is 2. The van der Waals surface area contributed by atoms with Crippen LogP contribution in [0.3, 0.4) is 0 Å². The Morgan fingerprint density at radius 2 is 1.80 bits per heavy atom. The van der Waals surface area contributed by atoms with Gasteiger partial charge in [-0.15, -0.1) is 0 Å². The van der Waals surface area contributed by atoms with E-state index < -0.39 is 28.5 Å². The lowest BCUT2D eigenvalue weighted by Gasteiger charge is -2.31. The van der Waals surface area contributed by atoms with Gasteiger partial charge in [-0.3, -0.25) is 13.9 Å². The Hall–Kier alpha value is -2.69. The fourth-order valence-corrected chi connectivity index (χ4v) is 4.63. The first-order valence-electron chi connectivity index (χ1n) is 10.9. The summed E-state index contributed by atoms with van der Waals surface area (Å²) in [5, 5.41) is 3.43. The molecule has 0 saturated carbocycles. The Morgan fingerprint density at radius 1 is 1.09 bits per heavy atom. The second-order valence-electron chi connectivity index (χ2n) is 8.04. The summed E-state index contributed by atoms with van der Waals surface area (Å²) in [7, 11) is -3.86. The average molecular weight is 544 g/mol. The Kier molecular flexibility index (Phi) is 8.74. The first kappa shape index (κ1) is 26.9. The molecule has 0 unspecified atom stereocenters. The third kappa shape index (κ3) is 6.71. The molecule has 9 nitrogen and oxygen atoms in total. The van der Waals surface area contributed by atoms with Gasteiger partial charge in [-0.2, -0.15) is 0 Å². The smallest absolute Gasteiger partial charge is 0.244 e. The molecule has 0 aromatic heterocycles. The molecular weight excluding hydrogens is 517 g/mol. The van der Waals surface area contributed by atoms with Crippen LogP contribution in [0.1, 0.15) is 25.8 Å². The van der Waals surface area contributed by atoms with E-state index in [1.54, 1.807) is 31.2 Å². The van der Waals surface area contributed by atoms with Gasteiger partial charge in [0.15, 0.2) is 11.5 Å². The van der Waals surface area contributed by atoms with Gasteiger partial charge in [0, 0.05) is 19.2 Å². The number of sulfonamides is 1. The molecule has 0 spiro atoms. The summed E-state index contributed by atoms with van der Waals surface area (Å²) in [5.74, 6) is -0.0629. The van der Waals surface area contributed by atoms with Gasteiger partial charge in [0.1, 0.15) is 12.6 Å². The minimum absolute atomic E-state index is 0.0230. The lowest BCUT2D eigenvalue weighted by molar-refractivity contribution is -0.139. The number of hydrogen-bond acceptors (Lipinski definition) is 6. The molecule has 35 heavy (non-hydrogen) atoms. The molecule has 0 bridgehead atoms. The number of hydrogen-bond donors (Lipinski definition) is 1. The van der Waals surface area contributed by atoms with Crippen LogP contribution in [0.2, 0.25) is 10.0 Å². The van der Waals surface area contributed by atoms with Crippen molar-refractivity contribution < 1.29 is 27.5 Å². The van der Waals surface area contributed by atoms with Crippen molar-refractivity contribution in [3.63, 3.8) is 0 Å². The quantitative estimate of drug-likeness (QED) is 0.492. The number of amides is 2. The molecule has 0 radical (unpaired) electrons. The molecule has 12 heteroatoms.